The normalized spacial score (nSPS) is 14.1. The topological polar surface area (TPSA) is 155 Å². The quantitative estimate of drug-likeness (QED) is 0.0197. The van der Waals surface area contributed by atoms with Gasteiger partial charge in [-0.05, 0) is 70.6 Å². The Hall–Kier alpha value is -3.08. The van der Waals surface area contributed by atoms with E-state index in [4.69, 9.17) is 23.3 Å². The molecular weight excluding hydrogens is 856 g/mol. The van der Waals surface area contributed by atoms with Gasteiger partial charge in [-0.15, -0.1) is 0 Å². The van der Waals surface area contributed by atoms with Gasteiger partial charge in [-0.1, -0.05) is 196 Å². The number of hydrogen-bond donors (Lipinski definition) is 2. The average molecular weight is 949 g/mol. The summed E-state index contributed by atoms with van der Waals surface area (Å²) in [6.45, 7) is 4.37. The zero-order valence-electron chi connectivity index (χ0n) is 41.6. The first-order chi connectivity index (χ1) is 32.2. The van der Waals surface area contributed by atoms with Gasteiger partial charge in [0.2, 0.25) is 0 Å². The fraction of sp³-hybridized carbons (Fsp3) is 0.722. The summed E-state index contributed by atoms with van der Waals surface area (Å²) >= 11 is 0. The molecule has 0 aliphatic carbocycles. The average Bonchev–Trinajstić information content (AvgIpc) is 3.30. The maximum Gasteiger partial charge on any atom is 0.472 e. The van der Waals surface area contributed by atoms with Gasteiger partial charge in [-0.2, -0.15) is 0 Å². The van der Waals surface area contributed by atoms with Crippen LogP contribution < -0.4 is 0 Å². The van der Waals surface area contributed by atoms with Gasteiger partial charge < -0.3 is 24.2 Å². The summed E-state index contributed by atoms with van der Waals surface area (Å²) in [7, 11) is -4.76. The lowest BCUT2D eigenvalue weighted by Gasteiger charge is -2.21. The maximum absolute atomic E-state index is 12.8. The van der Waals surface area contributed by atoms with E-state index in [1.807, 2.05) is 18.2 Å². The van der Waals surface area contributed by atoms with Crippen LogP contribution >= 0.6 is 7.82 Å². The van der Waals surface area contributed by atoms with Crippen LogP contribution in [0.3, 0.4) is 0 Å². The fourth-order valence-electron chi connectivity index (χ4n) is 6.72. The number of hydrogen-bond acceptors (Lipinski definition) is 10. The standard InChI is InChI=1S/C54H93O11P/c1-4-7-10-13-16-19-22-24-25-27-30-33-36-39-42-45-54(58)65-51(47-61-52(56)43-40-37-34-31-29-26-23-20-17-14-11-8-5-2)49-63-66(59,60)62-48-50(46-55)64-53(57)44-41-38-35-32-28-21-18-15-12-9-6-3/h7,10,16,19-20,23-25,30,33,39,42,50-51,55H,4-6,8-9,11-15,17-18,21-22,26-29,31-32,34-38,40-41,43-49H2,1-3H3,(H,59,60)/b10-7-,19-16-,23-20-,25-24-,33-30-,42-39-. The largest absolute Gasteiger partial charge is 0.472 e. The summed E-state index contributed by atoms with van der Waals surface area (Å²) in [5.41, 5.74) is 0. The molecule has 66 heavy (non-hydrogen) atoms. The number of esters is 3. The number of phosphoric ester groups is 1. The Morgan fingerprint density at radius 3 is 1.33 bits per heavy atom. The minimum atomic E-state index is -4.76. The maximum atomic E-state index is 12.8. The lowest BCUT2D eigenvalue weighted by atomic mass is 10.1. The number of rotatable bonds is 47. The van der Waals surface area contributed by atoms with Crippen molar-refractivity contribution in [3.05, 3.63) is 72.9 Å². The van der Waals surface area contributed by atoms with E-state index in [0.29, 0.717) is 19.3 Å². The lowest BCUT2D eigenvalue weighted by molar-refractivity contribution is -0.160. The van der Waals surface area contributed by atoms with Gasteiger partial charge in [0.1, 0.15) is 12.7 Å². The molecule has 0 radical (unpaired) electrons. The third-order valence-electron chi connectivity index (χ3n) is 10.6. The lowest BCUT2D eigenvalue weighted by Crippen LogP contribution is -2.30. The molecule has 0 saturated heterocycles. The Bertz CT molecular complexity index is 1390. The van der Waals surface area contributed by atoms with E-state index in [-0.39, 0.29) is 25.9 Å². The molecule has 0 aromatic carbocycles. The van der Waals surface area contributed by atoms with Gasteiger partial charge in [0.15, 0.2) is 6.10 Å². The van der Waals surface area contributed by atoms with Crippen molar-refractivity contribution >= 4 is 25.7 Å². The molecule has 2 N–H and O–H groups in total. The minimum Gasteiger partial charge on any atom is -0.462 e. The molecule has 0 aliphatic heterocycles. The highest BCUT2D eigenvalue weighted by Gasteiger charge is 2.28. The number of ether oxygens (including phenoxy) is 3. The second kappa shape index (κ2) is 48.4. The van der Waals surface area contributed by atoms with Crippen molar-refractivity contribution in [2.45, 2.75) is 226 Å². The van der Waals surface area contributed by atoms with Crippen molar-refractivity contribution in [3.63, 3.8) is 0 Å². The molecule has 0 aliphatic rings. The molecule has 3 unspecified atom stereocenters. The zero-order chi connectivity index (χ0) is 48.4. The summed E-state index contributed by atoms with van der Waals surface area (Å²) in [5.74, 6) is -1.63. The highest BCUT2D eigenvalue weighted by Crippen LogP contribution is 2.43. The van der Waals surface area contributed by atoms with Gasteiger partial charge in [0, 0.05) is 12.8 Å². The minimum absolute atomic E-state index is 0.0667. The molecule has 380 valence electrons. The van der Waals surface area contributed by atoms with E-state index in [1.54, 1.807) is 6.08 Å². The van der Waals surface area contributed by atoms with E-state index < -0.39 is 57.8 Å². The third kappa shape index (κ3) is 46.0. The molecule has 0 aromatic rings. The highest BCUT2D eigenvalue weighted by atomic mass is 31.2. The van der Waals surface area contributed by atoms with Crippen molar-refractivity contribution in [2.24, 2.45) is 0 Å². The molecule has 12 heteroatoms. The predicted molar refractivity (Wildman–Crippen MR) is 270 cm³/mol. The molecule has 0 aromatic heterocycles. The Morgan fingerprint density at radius 1 is 0.455 bits per heavy atom. The Labute approximate surface area is 401 Å². The Balaban J connectivity index is 4.88. The molecule has 0 fully saturated rings. The van der Waals surface area contributed by atoms with Crippen molar-refractivity contribution in [2.75, 3.05) is 26.4 Å². The number of aliphatic hydroxyl groups excluding tert-OH is 1. The number of aliphatic hydroxyl groups is 1. The van der Waals surface area contributed by atoms with E-state index in [9.17, 15) is 28.9 Å². The molecule has 0 heterocycles. The summed E-state index contributed by atoms with van der Waals surface area (Å²) in [4.78, 5) is 48.2. The first-order valence-corrected chi connectivity index (χ1v) is 27.3. The van der Waals surface area contributed by atoms with Crippen molar-refractivity contribution < 1.29 is 52.2 Å². The second-order valence-corrected chi connectivity index (χ2v) is 18.4. The smallest absolute Gasteiger partial charge is 0.462 e. The number of carbonyl (C=O) groups excluding carboxylic acids is 3. The summed E-state index contributed by atoms with van der Waals surface area (Å²) in [6, 6.07) is 0. The number of phosphoric acid groups is 1. The summed E-state index contributed by atoms with van der Waals surface area (Å²) in [6.07, 6.45) is 51.9. The Kier molecular flexibility index (Phi) is 46.1. The summed E-state index contributed by atoms with van der Waals surface area (Å²) in [5, 5.41) is 9.75. The van der Waals surface area contributed by atoms with E-state index in [0.717, 1.165) is 83.5 Å². The number of allylic oxidation sites excluding steroid dienone is 11. The molecule has 0 rings (SSSR count). The van der Waals surface area contributed by atoms with Crippen molar-refractivity contribution in [3.8, 4) is 0 Å². The number of carbonyl (C=O) groups is 3. The van der Waals surface area contributed by atoms with Gasteiger partial charge in [0.05, 0.1) is 26.2 Å². The second-order valence-electron chi connectivity index (χ2n) is 17.0. The number of unbranched alkanes of at least 4 members (excludes halogenated alkanes) is 19. The SMILES string of the molecule is CC/C=C\C/C=C\C/C=C\C/C=C\C/C=C\CC(=O)OC(COC(=O)CCCCCCC/C=C\CCCCCC)COP(=O)(O)OCC(CO)OC(=O)CCCCCCCCCCCCC. The highest BCUT2D eigenvalue weighted by molar-refractivity contribution is 7.47. The van der Waals surface area contributed by atoms with Crippen LogP contribution in [0.25, 0.3) is 0 Å². The molecule has 11 nitrogen and oxygen atoms in total. The monoisotopic (exact) mass is 949 g/mol. The van der Waals surface area contributed by atoms with Crippen LogP contribution in [0.5, 0.6) is 0 Å². The molecule has 0 saturated carbocycles. The van der Waals surface area contributed by atoms with E-state index in [1.165, 1.54) is 70.6 Å². The molecule has 3 atom stereocenters. The van der Waals surface area contributed by atoms with E-state index >= 15 is 0 Å². The zero-order valence-corrected chi connectivity index (χ0v) is 42.5. The molecule has 0 amide bonds. The van der Waals surface area contributed by atoms with Crippen LogP contribution in [-0.4, -0.2) is 66.5 Å². The molecular formula is C54H93O11P. The molecule has 0 bridgehead atoms. The van der Waals surface area contributed by atoms with Gasteiger partial charge in [-0.25, -0.2) is 4.57 Å². The van der Waals surface area contributed by atoms with Gasteiger partial charge in [0.25, 0.3) is 0 Å². The molecule has 0 spiro atoms. The van der Waals surface area contributed by atoms with Crippen molar-refractivity contribution in [1.82, 2.24) is 0 Å². The third-order valence-corrected chi connectivity index (χ3v) is 11.6. The van der Waals surface area contributed by atoms with Crippen LogP contribution in [0.4, 0.5) is 0 Å². The predicted octanol–water partition coefficient (Wildman–Crippen LogP) is 14.6. The Morgan fingerprint density at radius 2 is 0.848 bits per heavy atom. The first kappa shape index (κ1) is 62.9. The fourth-order valence-corrected chi connectivity index (χ4v) is 7.50. The van der Waals surface area contributed by atoms with Crippen molar-refractivity contribution in [1.29, 1.82) is 0 Å². The van der Waals surface area contributed by atoms with Gasteiger partial charge in [-0.3, -0.25) is 23.4 Å². The van der Waals surface area contributed by atoms with Crippen LogP contribution in [0.1, 0.15) is 213 Å². The van der Waals surface area contributed by atoms with Gasteiger partial charge >= 0.3 is 25.7 Å². The van der Waals surface area contributed by atoms with Crippen LogP contribution in [0, 0.1) is 0 Å². The summed E-state index contributed by atoms with van der Waals surface area (Å²) < 4.78 is 39.2. The van der Waals surface area contributed by atoms with E-state index in [2.05, 4.69) is 69.4 Å². The first-order valence-electron chi connectivity index (χ1n) is 25.8. The van der Waals surface area contributed by atoms with Crippen LogP contribution in [0.15, 0.2) is 72.9 Å². The van der Waals surface area contributed by atoms with Crippen LogP contribution in [0.2, 0.25) is 0 Å². The van der Waals surface area contributed by atoms with Crippen LogP contribution in [-0.2, 0) is 42.2 Å².